The Labute approximate surface area is 103 Å². The highest BCUT2D eigenvalue weighted by atomic mass is 79.9. The Morgan fingerprint density at radius 2 is 2.20 bits per heavy atom. The summed E-state index contributed by atoms with van der Waals surface area (Å²) in [5.74, 6) is 0.499. The summed E-state index contributed by atoms with van der Waals surface area (Å²) in [5, 5.41) is 12.0. The Balaban J connectivity index is 2.50. The molecule has 0 saturated carbocycles. The first-order valence-electron chi connectivity index (χ1n) is 4.96. The van der Waals surface area contributed by atoms with E-state index in [1.807, 2.05) is 6.92 Å². The summed E-state index contributed by atoms with van der Waals surface area (Å²) in [5.41, 5.74) is 0. The van der Waals surface area contributed by atoms with Crippen molar-refractivity contribution in [2.24, 2.45) is 5.92 Å². The molecule has 0 fully saturated rings. The van der Waals surface area contributed by atoms with Crippen molar-refractivity contribution in [2.45, 2.75) is 26.8 Å². The van der Waals surface area contributed by atoms with Gasteiger partial charge in [0.15, 0.2) is 3.92 Å². The van der Waals surface area contributed by atoms with Crippen molar-refractivity contribution in [3.8, 4) is 0 Å². The molecule has 1 aromatic rings. The number of nitrogens with one attached hydrogen (secondary N) is 1. The lowest BCUT2D eigenvalue weighted by Crippen LogP contribution is -2.30. The lowest BCUT2D eigenvalue weighted by atomic mass is 10.1. The van der Waals surface area contributed by atoms with E-state index in [1.165, 1.54) is 11.3 Å². The van der Waals surface area contributed by atoms with Crippen molar-refractivity contribution in [1.29, 1.82) is 0 Å². The summed E-state index contributed by atoms with van der Waals surface area (Å²) in [6.45, 7) is 7.76. The first kappa shape index (κ1) is 12.9. The van der Waals surface area contributed by atoms with Gasteiger partial charge in [-0.25, -0.2) is 0 Å². The normalized spacial score (nSPS) is 13.1. The zero-order chi connectivity index (χ0) is 11.3. The second-order valence-corrected chi connectivity index (χ2v) is 5.77. The van der Waals surface area contributed by atoms with Gasteiger partial charge in [-0.15, -0.1) is 10.2 Å². The van der Waals surface area contributed by atoms with Crippen LogP contribution in [0.1, 0.15) is 20.8 Å². The van der Waals surface area contributed by atoms with E-state index in [4.69, 9.17) is 4.74 Å². The third kappa shape index (κ3) is 4.44. The van der Waals surface area contributed by atoms with Crippen LogP contribution in [0.2, 0.25) is 0 Å². The number of hydrogen-bond acceptors (Lipinski definition) is 5. The highest BCUT2D eigenvalue weighted by Crippen LogP contribution is 2.22. The van der Waals surface area contributed by atoms with Gasteiger partial charge in [-0.1, -0.05) is 25.2 Å². The van der Waals surface area contributed by atoms with Gasteiger partial charge in [0.05, 0.1) is 12.6 Å². The number of rotatable bonds is 6. The minimum Gasteiger partial charge on any atom is -0.380 e. The second kappa shape index (κ2) is 6.40. The van der Waals surface area contributed by atoms with E-state index in [1.54, 1.807) is 0 Å². The van der Waals surface area contributed by atoms with Crippen LogP contribution in [0.15, 0.2) is 3.92 Å². The molecule has 1 unspecified atom stereocenters. The monoisotopic (exact) mass is 293 g/mol. The molecule has 0 radical (unpaired) electrons. The van der Waals surface area contributed by atoms with Crippen molar-refractivity contribution in [3.63, 3.8) is 0 Å². The van der Waals surface area contributed by atoms with E-state index >= 15 is 0 Å². The number of ether oxygens (including phenoxy) is 1. The average Bonchev–Trinajstić information content (AvgIpc) is 2.58. The molecule has 1 heterocycles. The summed E-state index contributed by atoms with van der Waals surface area (Å²) >= 11 is 4.78. The molecule has 0 amide bonds. The largest absolute Gasteiger partial charge is 0.380 e. The van der Waals surface area contributed by atoms with E-state index in [0.29, 0.717) is 12.5 Å². The second-order valence-electron chi connectivity index (χ2n) is 3.51. The fraction of sp³-hybridized carbons (Fsp3) is 0.778. The van der Waals surface area contributed by atoms with Crippen molar-refractivity contribution in [3.05, 3.63) is 3.92 Å². The maximum absolute atomic E-state index is 5.42. The Morgan fingerprint density at radius 1 is 1.47 bits per heavy atom. The Hall–Kier alpha value is -0.200. The van der Waals surface area contributed by atoms with E-state index in [-0.39, 0.29) is 6.04 Å². The number of anilines is 1. The predicted octanol–water partition coefficient (Wildman–Crippen LogP) is 2.77. The Kier molecular flexibility index (Phi) is 5.49. The zero-order valence-electron chi connectivity index (χ0n) is 9.16. The number of aromatic nitrogens is 2. The van der Waals surface area contributed by atoms with Gasteiger partial charge in [0, 0.05) is 6.61 Å². The van der Waals surface area contributed by atoms with Gasteiger partial charge in [0.25, 0.3) is 0 Å². The van der Waals surface area contributed by atoms with Crippen LogP contribution in [0.5, 0.6) is 0 Å². The van der Waals surface area contributed by atoms with Crippen LogP contribution in [0.4, 0.5) is 5.13 Å². The number of nitrogens with zero attached hydrogens (tertiary/aromatic N) is 2. The van der Waals surface area contributed by atoms with Gasteiger partial charge in [0.1, 0.15) is 0 Å². The molecule has 86 valence electrons. The Morgan fingerprint density at radius 3 is 2.67 bits per heavy atom. The van der Waals surface area contributed by atoms with Crippen LogP contribution < -0.4 is 5.32 Å². The molecular formula is C9H16BrN3OS. The summed E-state index contributed by atoms with van der Waals surface area (Å²) in [6, 6.07) is 0.282. The van der Waals surface area contributed by atoms with Crippen molar-refractivity contribution in [1.82, 2.24) is 10.2 Å². The summed E-state index contributed by atoms with van der Waals surface area (Å²) in [6.07, 6.45) is 0. The molecule has 1 rings (SSSR count). The van der Waals surface area contributed by atoms with Crippen LogP contribution in [0.25, 0.3) is 0 Å². The molecule has 0 aliphatic heterocycles. The fourth-order valence-corrected chi connectivity index (χ4v) is 2.14. The molecule has 0 bridgehead atoms. The van der Waals surface area contributed by atoms with Crippen LogP contribution in [0.3, 0.4) is 0 Å². The topological polar surface area (TPSA) is 47.0 Å². The molecule has 1 N–H and O–H groups in total. The summed E-state index contributed by atoms with van der Waals surface area (Å²) < 4.78 is 6.21. The third-order valence-electron chi connectivity index (χ3n) is 2.02. The van der Waals surface area contributed by atoms with Crippen LogP contribution in [-0.4, -0.2) is 29.5 Å². The lowest BCUT2D eigenvalue weighted by Gasteiger charge is -2.21. The molecule has 4 nitrogen and oxygen atoms in total. The van der Waals surface area contributed by atoms with Gasteiger partial charge in [-0.3, -0.25) is 0 Å². The molecule has 0 aromatic carbocycles. The van der Waals surface area contributed by atoms with Gasteiger partial charge >= 0.3 is 0 Å². The summed E-state index contributed by atoms with van der Waals surface area (Å²) in [4.78, 5) is 0. The van der Waals surface area contributed by atoms with Gasteiger partial charge < -0.3 is 10.1 Å². The zero-order valence-corrected chi connectivity index (χ0v) is 11.6. The third-order valence-corrected chi connectivity index (χ3v) is 3.30. The molecule has 6 heteroatoms. The molecule has 1 atom stereocenters. The van der Waals surface area contributed by atoms with Crippen molar-refractivity contribution in [2.75, 3.05) is 18.5 Å². The number of hydrogen-bond donors (Lipinski definition) is 1. The molecular weight excluding hydrogens is 278 g/mol. The fourth-order valence-electron chi connectivity index (χ4n) is 1.07. The first-order valence-corrected chi connectivity index (χ1v) is 6.57. The number of halogens is 1. The van der Waals surface area contributed by atoms with Crippen molar-refractivity contribution >= 4 is 32.4 Å². The van der Waals surface area contributed by atoms with E-state index in [2.05, 4.69) is 45.3 Å². The van der Waals surface area contributed by atoms with Gasteiger partial charge in [-0.05, 0) is 28.8 Å². The minimum atomic E-state index is 0.282. The predicted molar refractivity (Wildman–Crippen MR) is 66.4 cm³/mol. The van der Waals surface area contributed by atoms with E-state index < -0.39 is 0 Å². The first-order chi connectivity index (χ1) is 7.13. The smallest absolute Gasteiger partial charge is 0.206 e. The minimum absolute atomic E-state index is 0.282. The SMILES string of the molecule is CCOCC(Nc1nnc(Br)s1)C(C)C. The van der Waals surface area contributed by atoms with Crippen LogP contribution in [0, 0.1) is 5.92 Å². The van der Waals surface area contributed by atoms with Gasteiger partial charge in [-0.2, -0.15) is 0 Å². The molecule has 0 aliphatic rings. The maximum Gasteiger partial charge on any atom is 0.206 e. The quantitative estimate of drug-likeness (QED) is 0.876. The van der Waals surface area contributed by atoms with E-state index in [0.717, 1.165) is 15.7 Å². The molecule has 0 spiro atoms. The molecule has 0 saturated heterocycles. The highest BCUT2D eigenvalue weighted by Gasteiger charge is 2.15. The average molecular weight is 294 g/mol. The van der Waals surface area contributed by atoms with Crippen molar-refractivity contribution < 1.29 is 4.74 Å². The van der Waals surface area contributed by atoms with E-state index in [9.17, 15) is 0 Å². The highest BCUT2D eigenvalue weighted by molar-refractivity contribution is 9.11. The molecule has 15 heavy (non-hydrogen) atoms. The molecule has 0 aliphatic carbocycles. The van der Waals surface area contributed by atoms with Crippen LogP contribution >= 0.6 is 27.3 Å². The molecule has 1 aromatic heterocycles. The standard InChI is InChI=1S/C9H16BrN3OS/c1-4-14-5-7(6(2)3)11-9-13-12-8(10)15-9/h6-7H,4-5H2,1-3H3,(H,11,13). The van der Waals surface area contributed by atoms with Crippen LogP contribution in [-0.2, 0) is 4.74 Å². The summed E-state index contributed by atoms with van der Waals surface area (Å²) in [7, 11) is 0. The lowest BCUT2D eigenvalue weighted by molar-refractivity contribution is 0.127. The Bertz CT molecular complexity index is 293. The maximum atomic E-state index is 5.42. The van der Waals surface area contributed by atoms with Gasteiger partial charge in [0.2, 0.25) is 5.13 Å².